The summed E-state index contributed by atoms with van der Waals surface area (Å²) in [7, 11) is -0.920. The van der Waals surface area contributed by atoms with Gasteiger partial charge < -0.3 is 19.4 Å². The number of carbonyl (C=O) groups is 1. The molecule has 2 aromatic carbocycles. The minimum atomic E-state index is -4.75. The second-order valence-electron chi connectivity index (χ2n) is 7.04. The number of benzene rings is 2. The van der Waals surface area contributed by atoms with Gasteiger partial charge in [-0.3, -0.25) is 4.79 Å². The molecule has 0 bridgehead atoms. The summed E-state index contributed by atoms with van der Waals surface area (Å²) in [5.74, 6) is -0.404. The van der Waals surface area contributed by atoms with E-state index < -0.39 is 17.1 Å². The van der Waals surface area contributed by atoms with E-state index in [4.69, 9.17) is 0 Å². The van der Waals surface area contributed by atoms with Crippen LogP contribution in [0.25, 0.3) is 0 Å². The standard InChI is InChI=1S/C20H22F3N3O4S/c1-24(15-2-6-17(7-3-15)30-20(21,22)23)14-19(27)26-12-10-25(11-13-26)16-4-8-18(9-5-16)31(28)29/h2-9,31H,10-14H2,1H3. The highest BCUT2D eigenvalue weighted by Gasteiger charge is 2.31. The fourth-order valence-corrected chi connectivity index (χ4v) is 3.69. The average Bonchev–Trinajstić information content (AvgIpc) is 2.73. The minimum absolute atomic E-state index is 0.0866. The van der Waals surface area contributed by atoms with Gasteiger partial charge in [0.15, 0.2) is 10.7 Å². The van der Waals surface area contributed by atoms with Crippen LogP contribution < -0.4 is 14.5 Å². The van der Waals surface area contributed by atoms with Crippen LogP contribution >= 0.6 is 0 Å². The molecule has 0 aliphatic carbocycles. The highest BCUT2D eigenvalue weighted by Crippen LogP contribution is 2.25. The van der Waals surface area contributed by atoms with Gasteiger partial charge in [-0.2, -0.15) is 0 Å². The number of hydrogen-bond donors (Lipinski definition) is 1. The number of amides is 1. The van der Waals surface area contributed by atoms with Crippen molar-refractivity contribution < 1.29 is 31.1 Å². The van der Waals surface area contributed by atoms with E-state index >= 15 is 0 Å². The fourth-order valence-electron chi connectivity index (χ4n) is 3.30. The molecule has 0 aromatic heterocycles. The van der Waals surface area contributed by atoms with Crippen molar-refractivity contribution in [1.82, 2.24) is 4.90 Å². The van der Waals surface area contributed by atoms with Crippen molar-refractivity contribution >= 4 is 28.0 Å². The first-order chi connectivity index (χ1) is 14.6. The molecule has 1 fully saturated rings. The summed E-state index contributed by atoms with van der Waals surface area (Å²) < 4.78 is 62.6. The number of carbonyl (C=O) groups excluding carboxylic acids is 1. The van der Waals surface area contributed by atoms with Crippen LogP contribution in [0.3, 0.4) is 0 Å². The molecular weight excluding hydrogens is 435 g/mol. The van der Waals surface area contributed by atoms with Crippen LogP contribution in [-0.2, 0) is 15.5 Å². The summed E-state index contributed by atoms with van der Waals surface area (Å²) in [5.41, 5.74) is 1.49. The Morgan fingerprint density at radius 2 is 1.58 bits per heavy atom. The quantitative estimate of drug-likeness (QED) is 0.672. The van der Waals surface area contributed by atoms with E-state index in [0.29, 0.717) is 31.9 Å². The molecule has 0 atom stereocenters. The topological polar surface area (TPSA) is 70.2 Å². The van der Waals surface area contributed by atoms with Gasteiger partial charge in [-0.1, -0.05) is 0 Å². The lowest BCUT2D eigenvalue weighted by Gasteiger charge is -2.37. The van der Waals surface area contributed by atoms with Crippen molar-refractivity contribution in [2.75, 3.05) is 49.6 Å². The number of likely N-dealkylation sites (N-methyl/N-ethyl adjacent to an activating group) is 1. The first-order valence-electron chi connectivity index (χ1n) is 9.46. The molecule has 168 valence electrons. The zero-order valence-electron chi connectivity index (χ0n) is 16.7. The van der Waals surface area contributed by atoms with E-state index in [-0.39, 0.29) is 23.1 Å². The predicted molar refractivity (Wildman–Crippen MR) is 110 cm³/mol. The zero-order valence-corrected chi connectivity index (χ0v) is 17.6. The fraction of sp³-hybridized carbons (Fsp3) is 0.350. The van der Waals surface area contributed by atoms with E-state index in [1.807, 2.05) is 0 Å². The van der Waals surface area contributed by atoms with Crippen molar-refractivity contribution in [2.24, 2.45) is 0 Å². The Bertz CT molecular complexity index is 963. The molecule has 3 rings (SSSR count). The lowest BCUT2D eigenvalue weighted by atomic mass is 10.2. The Morgan fingerprint density at radius 1 is 1.00 bits per heavy atom. The summed E-state index contributed by atoms with van der Waals surface area (Å²) in [4.78, 5) is 18.4. The molecule has 0 spiro atoms. The van der Waals surface area contributed by atoms with Gasteiger partial charge in [0.25, 0.3) is 0 Å². The van der Waals surface area contributed by atoms with Gasteiger partial charge in [-0.05, 0) is 48.5 Å². The monoisotopic (exact) mass is 457 g/mol. The molecule has 1 saturated heterocycles. The van der Waals surface area contributed by atoms with E-state index in [9.17, 15) is 26.4 Å². The molecule has 7 nitrogen and oxygen atoms in total. The Morgan fingerprint density at radius 3 is 2.10 bits per heavy atom. The first kappa shape index (κ1) is 22.7. The molecule has 0 radical (unpaired) electrons. The second kappa shape index (κ2) is 9.46. The number of halogens is 3. The van der Waals surface area contributed by atoms with Crippen LogP contribution in [0.15, 0.2) is 53.4 Å². The molecule has 1 aliphatic rings. The van der Waals surface area contributed by atoms with Crippen molar-refractivity contribution in [3.8, 4) is 5.75 Å². The third-order valence-corrected chi connectivity index (χ3v) is 5.66. The number of hydrogen-bond acceptors (Lipinski definition) is 6. The maximum absolute atomic E-state index is 12.6. The molecule has 31 heavy (non-hydrogen) atoms. The van der Waals surface area contributed by atoms with Crippen LogP contribution in [0.1, 0.15) is 0 Å². The molecule has 1 aliphatic heterocycles. The van der Waals surface area contributed by atoms with Crippen LogP contribution in [0.5, 0.6) is 5.75 Å². The Kier molecular flexibility index (Phi) is 6.94. The molecule has 2 aromatic rings. The number of nitrogens with zero attached hydrogens (tertiary/aromatic N) is 3. The lowest BCUT2D eigenvalue weighted by Crippen LogP contribution is -2.51. The lowest BCUT2D eigenvalue weighted by molar-refractivity contribution is -0.274. The normalized spacial score (nSPS) is 14.6. The number of thiol groups is 1. The molecule has 11 heteroatoms. The van der Waals surface area contributed by atoms with Gasteiger partial charge in [0.05, 0.1) is 11.4 Å². The first-order valence-corrected chi connectivity index (χ1v) is 10.6. The van der Waals surface area contributed by atoms with Crippen LogP contribution in [0.2, 0.25) is 0 Å². The molecule has 0 saturated carbocycles. The van der Waals surface area contributed by atoms with E-state index in [0.717, 1.165) is 5.69 Å². The van der Waals surface area contributed by atoms with Crippen molar-refractivity contribution in [3.05, 3.63) is 48.5 Å². The maximum Gasteiger partial charge on any atom is 0.573 e. The number of ether oxygens (including phenoxy) is 1. The third-order valence-electron chi connectivity index (χ3n) is 4.94. The van der Waals surface area contributed by atoms with E-state index in [1.165, 1.54) is 24.3 Å². The number of anilines is 2. The van der Waals surface area contributed by atoms with Crippen LogP contribution in [-0.4, -0.2) is 65.4 Å². The summed E-state index contributed by atoms with van der Waals surface area (Å²) >= 11 is 0. The Balaban J connectivity index is 1.51. The van der Waals surface area contributed by atoms with Gasteiger partial charge in [0, 0.05) is 44.6 Å². The number of piperazine rings is 1. The van der Waals surface area contributed by atoms with Gasteiger partial charge in [-0.15, -0.1) is 13.2 Å². The van der Waals surface area contributed by atoms with Crippen molar-refractivity contribution in [1.29, 1.82) is 0 Å². The second-order valence-corrected chi connectivity index (χ2v) is 8.07. The molecule has 1 amide bonds. The SMILES string of the molecule is CN(CC(=O)N1CCN(c2ccc([SH](=O)=O)cc2)CC1)c1ccc(OC(F)(F)F)cc1. The van der Waals surface area contributed by atoms with Crippen LogP contribution in [0.4, 0.5) is 24.5 Å². The summed E-state index contributed by atoms with van der Waals surface area (Å²) in [6.45, 7) is 2.35. The molecule has 0 N–H and O–H groups in total. The van der Waals surface area contributed by atoms with Gasteiger partial charge in [-0.25, -0.2) is 8.42 Å². The highest BCUT2D eigenvalue weighted by atomic mass is 32.2. The summed E-state index contributed by atoms with van der Waals surface area (Å²) in [6, 6.07) is 11.9. The summed E-state index contributed by atoms with van der Waals surface area (Å²) in [5, 5.41) is 0. The molecule has 1 heterocycles. The van der Waals surface area contributed by atoms with E-state index in [1.54, 1.807) is 41.1 Å². The van der Waals surface area contributed by atoms with Gasteiger partial charge in [0.2, 0.25) is 5.91 Å². The minimum Gasteiger partial charge on any atom is -0.406 e. The van der Waals surface area contributed by atoms with Gasteiger partial charge in [0.1, 0.15) is 5.75 Å². The Hall–Kier alpha value is -2.95. The smallest absolute Gasteiger partial charge is 0.406 e. The largest absolute Gasteiger partial charge is 0.573 e. The average molecular weight is 457 g/mol. The Labute approximate surface area is 179 Å². The molecule has 0 unspecified atom stereocenters. The van der Waals surface area contributed by atoms with Crippen molar-refractivity contribution in [3.63, 3.8) is 0 Å². The molecular formula is C20H22F3N3O4S. The summed E-state index contributed by atoms with van der Waals surface area (Å²) in [6.07, 6.45) is -4.75. The van der Waals surface area contributed by atoms with Gasteiger partial charge >= 0.3 is 6.36 Å². The van der Waals surface area contributed by atoms with Crippen LogP contribution in [0, 0.1) is 0 Å². The predicted octanol–water partition coefficient (Wildman–Crippen LogP) is 2.34. The highest BCUT2D eigenvalue weighted by molar-refractivity contribution is 7.72. The van der Waals surface area contributed by atoms with E-state index in [2.05, 4.69) is 9.64 Å². The maximum atomic E-state index is 12.6. The number of rotatable bonds is 6. The third kappa shape index (κ3) is 6.27. The zero-order chi connectivity index (χ0) is 22.6. The number of alkyl halides is 3. The van der Waals surface area contributed by atoms with Crippen molar-refractivity contribution in [2.45, 2.75) is 11.3 Å².